The van der Waals surface area contributed by atoms with Crippen LogP contribution in [0, 0.1) is 0 Å². The Morgan fingerprint density at radius 1 is 1.10 bits per heavy atom. The lowest BCUT2D eigenvalue weighted by atomic mass is 10.0. The Morgan fingerprint density at radius 2 is 1.87 bits per heavy atom. The van der Waals surface area contributed by atoms with Crippen LogP contribution >= 0.6 is 11.6 Å². The Balaban J connectivity index is 1.66. The molecule has 31 heavy (non-hydrogen) atoms. The van der Waals surface area contributed by atoms with E-state index >= 15 is 0 Å². The Bertz CT molecular complexity index is 1100. The molecule has 9 heteroatoms. The summed E-state index contributed by atoms with van der Waals surface area (Å²) in [5, 5.41) is 0.0946. The predicted octanol–water partition coefficient (Wildman–Crippen LogP) is 3.78. The maximum Gasteiger partial charge on any atom is 0.254 e. The molecule has 2 aromatic rings. The van der Waals surface area contributed by atoms with Crippen LogP contribution in [-0.4, -0.2) is 46.0 Å². The first-order chi connectivity index (χ1) is 14.8. The molecule has 7 nitrogen and oxygen atoms in total. The van der Waals surface area contributed by atoms with E-state index in [0.717, 1.165) is 31.2 Å². The van der Waals surface area contributed by atoms with Crippen LogP contribution in [-0.2, 0) is 10.0 Å². The number of benzene rings is 2. The van der Waals surface area contributed by atoms with Crippen LogP contribution in [0.1, 0.15) is 47.6 Å². The number of carbonyl (C=O) groups excluding carboxylic acids is 1. The molecule has 1 saturated heterocycles. The van der Waals surface area contributed by atoms with Gasteiger partial charge in [0.05, 0.1) is 25.3 Å². The third kappa shape index (κ3) is 4.51. The van der Waals surface area contributed by atoms with Gasteiger partial charge in [-0.3, -0.25) is 4.79 Å². The molecular formula is C22H25ClN2O5S. The average molecular weight is 465 g/mol. The standard InChI is InChI=1S/C22H25ClN2O5S/c1-29-16-8-10-20(30-2)17(13-16)19-4-3-11-25(19)22(26)14-5-9-18(23)21(12-14)31(27,28)24-15-6-7-15/h5,8-10,12-13,15,19,24H,3-4,6-7,11H2,1-2H3. The average Bonchev–Trinajstić information content (AvgIpc) is 3.43. The summed E-state index contributed by atoms with van der Waals surface area (Å²) in [5.74, 6) is 1.12. The van der Waals surface area contributed by atoms with Crippen molar-refractivity contribution >= 4 is 27.5 Å². The maximum absolute atomic E-state index is 13.4. The maximum atomic E-state index is 13.4. The number of nitrogens with one attached hydrogen (secondary N) is 1. The van der Waals surface area contributed by atoms with Crippen LogP contribution in [0.4, 0.5) is 0 Å². The van der Waals surface area contributed by atoms with E-state index in [2.05, 4.69) is 4.72 Å². The molecular weight excluding hydrogens is 440 g/mol. The number of nitrogens with zero attached hydrogens (tertiary/aromatic N) is 1. The number of rotatable bonds is 7. The lowest BCUT2D eigenvalue weighted by Gasteiger charge is -2.27. The predicted molar refractivity (Wildman–Crippen MR) is 117 cm³/mol. The fraction of sp³-hybridized carbons (Fsp3) is 0.409. The molecule has 1 aliphatic heterocycles. The van der Waals surface area contributed by atoms with Crippen molar-refractivity contribution in [2.24, 2.45) is 0 Å². The summed E-state index contributed by atoms with van der Waals surface area (Å²) in [6.45, 7) is 0.564. The van der Waals surface area contributed by atoms with Gasteiger partial charge in [-0.1, -0.05) is 11.6 Å². The summed E-state index contributed by atoms with van der Waals surface area (Å²) in [6, 6.07) is 9.67. The fourth-order valence-corrected chi connectivity index (χ4v) is 5.76. The zero-order chi connectivity index (χ0) is 22.2. The van der Waals surface area contributed by atoms with E-state index in [1.165, 1.54) is 12.1 Å². The number of hydrogen-bond donors (Lipinski definition) is 1. The molecule has 1 atom stereocenters. The van der Waals surface area contributed by atoms with E-state index in [4.69, 9.17) is 21.1 Å². The van der Waals surface area contributed by atoms with Gasteiger partial charge in [0.1, 0.15) is 16.4 Å². The summed E-state index contributed by atoms with van der Waals surface area (Å²) < 4.78 is 38.9. The molecule has 0 spiro atoms. The molecule has 0 bridgehead atoms. The molecule has 2 fully saturated rings. The third-order valence-corrected chi connectivity index (χ3v) is 7.68. The molecule has 1 heterocycles. The first-order valence-electron chi connectivity index (χ1n) is 10.2. The van der Waals surface area contributed by atoms with Crippen molar-refractivity contribution in [1.82, 2.24) is 9.62 Å². The van der Waals surface area contributed by atoms with Crippen LogP contribution in [0.25, 0.3) is 0 Å². The second-order valence-corrected chi connectivity index (χ2v) is 9.89. The van der Waals surface area contributed by atoms with Crippen molar-refractivity contribution < 1.29 is 22.7 Å². The second-order valence-electron chi connectivity index (χ2n) is 7.81. The van der Waals surface area contributed by atoms with Gasteiger partial charge in [-0.15, -0.1) is 0 Å². The van der Waals surface area contributed by atoms with E-state index < -0.39 is 10.0 Å². The molecule has 1 N–H and O–H groups in total. The number of ether oxygens (including phenoxy) is 2. The molecule has 1 saturated carbocycles. The number of likely N-dealkylation sites (tertiary alicyclic amines) is 1. The van der Waals surface area contributed by atoms with E-state index in [-0.39, 0.29) is 33.5 Å². The number of carbonyl (C=O) groups is 1. The minimum Gasteiger partial charge on any atom is -0.497 e. The monoisotopic (exact) mass is 464 g/mol. The second kappa shape index (κ2) is 8.68. The van der Waals surface area contributed by atoms with Gasteiger partial charge in [0, 0.05) is 23.7 Å². The molecule has 4 rings (SSSR count). The van der Waals surface area contributed by atoms with Gasteiger partial charge in [0.2, 0.25) is 10.0 Å². The molecule has 166 valence electrons. The van der Waals surface area contributed by atoms with E-state index in [1.807, 2.05) is 18.2 Å². The van der Waals surface area contributed by atoms with Crippen molar-refractivity contribution in [3.8, 4) is 11.5 Å². The molecule has 0 aromatic heterocycles. The summed E-state index contributed by atoms with van der Waals surface area (Å²) in [7, 11) is -0.597. The van der Waals surface area contributed by atoms with Crippen LogP contribution in [0.5, 0.6) is 11.5 Å². The summed E-state index contributed by atoms with van der Waals surface area (Å²) in [5.41, 5.74) is 1.15. The molecule has 1 aliphatic carbocycles. The molecule has 2 aromatic carbocycles. The Kier molecular flexibility index (Phi) is 6.14. The van der Waals surface area contributed by atoms with Gasteiger partial charge in [0.25, 0.3) is 5.91 Å². The number of amides is 1. The number of hydrogen-bond acceptors (Lipinski definition) is 5. The summed E-state index contributed by atoms with van der Waals surface area (Å²) in [6.07, 6.45) is 3.23. The van der Waals surface area contributed by atoms with Crippen molar-refractivity contribution in [3.63, 3.8) is 0 Å². The zero-order valence-corrected chi connectivity index (χ0v) is 19.0. The lowest BCUT2D eigenvalue weighted by molar-refractivity contribution is 0.0733. The van der Waals surface area contributed by atoms with Crippen LogP contribution in [0.15, 0.2) is 41.3 Å². The van der Waals surface area contributed by atoms with E-state index in [9.17, 15) is 13.2 Å². The highest BCUT2D eigenvalue weighted by Gasteiger charge is 2.34. The fourth-order valence-electron chi connectivity index (χ4n) is 3.93. The lowest BCUT2D eigenvalue weighted by Crippen LogP contribution is -2.31. The van der Waals surface area contributed by atoms with Crippen molar-refractivity contribution in [1.29, 1.82) is 0 Å². The molecule has 1 unspecified atom stereocenters. The third-order valence-electron chi connectivity index (χ3n) is 5.68. The zero-order valence-electron chi connectivity index (χ0n) is 17.4. The normalized spacial score (nSPS) is 18.8. The van der Waals surface area contributed by atoms with Gasteiger partial charge in [0.15, 0.2) is 0 Å². The highest BCUT2D eigenvalue weighted by molar-refractivity contribution is 7.89. The van der Waals surface area contributed by atoms with Gasteiger partial charge in [-0.25, -0.2) is 13.1 Å². The first kappa shape index (κ1) is 21.9. The number of halogens is 1. The smallest absolute Gasteiger partial charge is 0.254 e. The van der Waals surface area contributed by atoms with Crippen LogP contribution < -0.4 is 14.2 Å². The topological polar surface area (TPSA) is 84.9 Å². The van der Waals surface area contributed by atoms with Crippen molar-refractivity contribution in [2.75, 3.05) is 20.8 Å². The van der Waals surface area contributed by atoms with E-state index in [1.54, 1.807) is 25.2 Å². The number of sulfonamides is 1. The number of methoxy groups -OCH3 is 2. The van der Waals surface area contributed by atoms with Gasteiger partial charge in [-0.05, 0) is 62.1 Å². The van der Waals surface area contributed by atoms with Crippen LogP contribution in [0.2, 0.25) is 5.02 Å². The minimum atomic E-state index is -3.78. The highest BCUT2D eigenvalue weighted by Crippen LogP contribution is 2.40. The molecule has 2 aliphatic rings. The van der Waals surface area contributed by atoms with Gasteiger partial charge in [-0.2, -0.15) is 0 Å². The largest absolute Gasteiger partial charge is 0.497 e. The van der Waals surface area contributed by atoms with Crippen LogP contribution in [0.3, 0.4) is 0 Å². The molecule has 0 radical (unpaired) electrons. The van der Waals surface area contributed by atoms with Gasteiger partial charge < -0.3 is 14.4 Å². The Labute approximate surface area is 187 Å². The SMILES string of the molecule is COc1ccc(OC)c(C2CCCN2C(=O)c2ccc(Cl)c(S(=O)(=O)NC3CC3)c2)c1. The summed E-state index contributed by atoms with van der Waals surface area (Å²) in [4.78, 5) is 15.1. The Hall–Kier alpha value is -2.29. The quantitative estimate of drug-likeness (QED) is 0.674. The first-order valence-corrected chi connectivity index (χ1v) is 12.0. The van der Waals surface area contributed by atoms with Crippen molar-refractivity contribution in [2.45, 2.75) is 42.7 Å². The van der Waals surface area contributed by atoms with E-state index in [0.29, 0.717) is 18.0 Å². The minimum absolute atomic E-state index is 0.0519. The Morgan fingerprint density at radius 3 is 2.55 bits per heavy atom. The van der Waals surface area contributed by atoms with Crippen molar-refractivity contribution in [3.05, 3.63) is 52.5 Å². The highest BCUT2D eigenvalue weighted by atomic mass is 35.5. The summed E-state index contributed by atoms with van der Waals surface area (Å²) >= 11 is 6.17. The molecule has 1 amide bonds. The van der Waals surface area contributed by atoms with Gasteiger partial charge >= 0.3 is 0 Å².